The van der Waals surface area contributed by atoms with Crippen molar-refractivity contribution in [2.75, 3.05) is 11.9 Å². The summed E-state index contributed by atoms with van der Waals surface area (Å²) in [6.07, 6.45) is 0. The fourth-order valence-electron chi connectivity index (χ4n) is 2.44. The largest absolute Gasteiger partial charge is 0.484 e. The summed E-state index contributed by atoms with van der Waals surface area (Å²) < 4.78 is 7.09. The number of hydrogen-bond donors (Lipinski definition) is 2. The van der Waals surface area contributed by atoms with E-state index in [4.69, 9.17) is 10.5 Å². The number of benzene rings is 1. The Kier molecular flexibility index (Phi) is 5.69. The number of primary amides is 1. The third-order valence-corrected chi connectivity index (χ3v) is 3.69. The monoisotopic (exact) mass is 358 g/mol. The van der Waals surface area contributed by atoms with Gasteiger partial charge in [-0.2, -0.15) is 5.10 Å². The van der Waals surface area contributed by atoms with Crippen molar-refractivity contribution >= 4 is 17.5 Å². The summed E-state index contributed by atoms with van der Waals surface area (Å²) in [4.78, 5) is 23.3. The standard InChI is InChI=1S/C19H26N4O3/c1-12(2)16-10-15(22-23(16)19(3,4)5)18(25)21-13-6-8-14(9-7-13)26-11-17(20)24/h6-10,12H,11H2,1-5H3,(H2,20,24)(H,21,25). The van der Waals surface area contributed by atoms with Gasteiger partial charge in [-0.15, -0.1) is 0 Å². The van der Waals surface area contributed by atoms with E-state index < -0.39 is 5.91 Å². The lowest BCUT2D eigenvalue weighted by molar-refractivity contribution is -0.119. The minimum Gasteiger partial charge on any atom is -0.484 e. The Morgan fingerprint density at radius 1 is 1.23 bits per heavy atom. The Hall–Kier alpha value is -2.83. The Bertz CT molecular complexity index is 786. The van der Waals surface area contributed by atoms with Gasteiger partial charge in [0.2, 0.25) is 0 Å². The van der Waals surface area contributed by atoms with Crippen molar-refractivity contribution in [3.05, 3.63) is 41.7 Å². The van der Waals surface area contributed by atoms with Gasteiger partial charge < -0.3 is 15.8 Å². The number of hydrogen-bond acceptors (Lipinski definition) is 4. The molecule has 0 saturated carbocycles. The molecule has 0 bridgehead atoms. The number of anilines is 1. The van der Waals surface area contributed by atoms with Crippen LogP contribution in [0.3, 0.4) is 0 Å². The van der Waals surface area contributed by atoms with Crippen LogP contribution in [0, 0.1) is 0 Å². The first-order valence-corrected chi connectivity index (χ1v) is 8.51. The van der Waals surface area contributed by atoms with Gasteiger partial charge in [0.1, 0.15) is 5.75 Å². The summed E-state index contributed by atoms with van der Waals surface area (Å²) >= 11 is 0. The molecular formula is C19H26N4O3. The number of aromatic nitrogens is 2. The van der Waals surface area contributed by atoms with Crippen LogP contribution >= 0.6 is 0 Å². The molecule has 0 unspecified atom stereocenters. The van der Waals surface area contributed by atoms with Gasteiger partial charge in [0.05, 0.1) is 5.54 Å². The smallest absolute Gasteiger partial charge is 0.276 e. The van der Waals surface area contributed by atoms with E-state index in [0.717, 1.165) is 5.69 Å². The summed E-state index contributed by atoms with van der Waals surface area (Å²) in [6, 6.07) is 8.53. The first-order chi connectivity index (χ1) is 12.1. The molecule has 140 valence electrons. The number of nitrogens with one attached hydrogen (secondary N) is 1. The average molecular weight is 358 g/mol. The molecule has 2 aromatic rings. The zero-order valence-electron chi connectivity index (χ0n) is 15.9. The molecule has 0 fully saturated rings. The average Bonchev–Trinajstić information content (AvgIpc) is 3.00. The lowest BCUT2D eigenvalue weighted by Crippen LogP contribution is -2.26. The first-order valence-electron chi connectivity index (χ1n) is 8.51. The van der Waals surface area contributed by atoms with Gasteiger partial charge in [0.15, 0.2) is 12.3 Å². The summed E-state index contributed by atoms with van der Waals surface area (Å²) in [6.45, 7) is 10.1. The number of nitrogens with zero attached hydrogens (tertiary/aromatic N) is 2. The van der Waals surface area contributed by atoms with E-state index in [1.54, 1.807) is 24.3 Å². The zero-order valence-corrected chi connectivity index (χ0v) is 15.9. The first kappa shape index (κ1) is 19.5. The van der Waals surface area contributed by atoms with Crippen molar-refractivity contribution in [1.82, 2.24) is 9.78 Å². The van der Waals surface area contributed by atoms with Gasteiger partial charge >= 0.3 is 0 Å². The van der Waals surface area contributed by atoms with Crippen LogP contribution in [0.15, 0.2) is 30.3 Å². The molecule has 1 aromatic heterocycles. The van der Waals surface area contributed by atoms with Crippen molar-refractivity contribution < 1.29 is 14.3 Å². The summed E-state index contributed by atoms with van der Waals surface area (Å²) in [7, 11) is 0. The van der Waals surface area contributed by atoms with Crippen LogP contribution in [0.25, 0.3) is 0 Å². The number of carbonyl (C=O) groups is 2. The van der Waals surface area contributed by atoms with Crippen molar-refractivity contribution in [3.8, 4) is 5.75 Å². The van der Waals surface area contributed by atoms with Crippen molar-refractivity contribution in [3.63, 3.8) is 0 Å². The highest BCUT2D eigenvalue weighted by Gasteiger charge is 2.23. The van der Waals surface area contributed by atoms with Crippen molar-refractivity contribution in [2.45, 2.75) is 46.1 Å². The van der Waals surface area contributed by atoms with Crippen molar-refractivity contribution in [1.29, 1.82) is 0 Å². The van der Waals surface area contributed by atoms with E-state index in [2.05, 4.69) is 45.0 Å². The molecule has 26 heavy (non-hydrogen) atoms. The molecule has 1 heterocycles. The second kappa shape index (κ2) is 7.59. The number of ether oxygens (including phenoxy) is 1. The molecule has 0 saturated heterocycles. The highest BCUT2D eigenvalue weighted by atomic mass is 16.5. The predicted molar refractivity (Wildman–Crippen MR) is 100 cm³/mol. The molecule has 0 radical (unpaired) electrons. The highest BCUT2D eigenvalue weighted by molar-refractivity contribution is 6.03. The van der Waals surface area contributed by atoms with Gasteiger partial charge in [0, 0.05) is 11.4 Å². The molecule has 0 aliphatic rings. The van der Waals surface area contributed by atoms with E-state index in [1.165, 1.54) is 0 Å². The minimum absolute atomic E-state index is 0.187. The molecule has 0 aliphatic heterocycles. The second-order valence-corrected chi connectivity index (χ2v) is 7.43. The highest BCUT2D eigenvalue weighted by Crippen LogP contribution is 2.24. The van der Waals surface area contributed by atoms with Gasteiger partial charge in [-0.05, 0) is 57.0 Å². The minimum atomic E-state index is -0.544. The quantitative estimate of drug-likeness (QED) is 0.829. The molecule has 3 N–H and O–H groups in total. The number of amides is 2. The number of nitrogens with two attached hydrogens (primary N) is 1. The molecule has 7 nitrogen and oxygen atoms in total. The van der Waals surface area contributed by atoms with Crippen LogP contribution in [0.5, 0.6) is 5.75 Å². The van der Waals surface area contributed by atoms with Crippen LogP contribution in [0.2, 0.25) is 0 Å². The molecule has 0 spiro atoms. The van der Waals surface area contributed by atoms with Crippen LogP contribution in [-0.2, 0) is 10.3 Å². The Morgan fingerprint density at radius 3 is 2.31 bits per heavy atom. The Labute approximate surface area is 153 Å². The lowest BCUT2D eigenvalue weighted by atomic mass is 10.1. The second-order valence-electron chi connectivity index (χ2n) is 7.43. The van der Waals surface area contributed by atoms with Gasteiger partial charge in [-0.3, -0.25) is 14.3 Å². The predicted octanol–water partition coefficient (Wildman–Crippen LogP) is 2.88. The SMILES string of the molecule is CC(C)c1cc(C(=O)Nc2ccc(OCC(N)=O)cc2)nn1C(C)(C)C. The van der Waals surface area contributed by atoms with Gasteiger partial charge in [0.25, 0.3) is 11.8 Å². The van der Waals surface area contributed by atoms with E-state index >= 15 is 0 Å². The zero-order chi connectivity index (χ0) is 19.5. The van der Waals surface area contributed by atoms with E-state index in [1.807, 2.05) is 10.7 Å². The topological polar surface area (TPSA) is 99.2 Å². The van der Waals surface area contributed by atoms with Crippen LogP contribution in [0.4, 0.5) is 5.69 Å². The van der Waals surface area contributed by atoms with Gasteiger partial charge in [-0.25, -0.2) is 0 Å². The molecule has 2 amide bonds. The molecular weight excluding hydrogens is 332 g/mol. The Morgan fingerprint density at radius 2 is 1.85 bits per heavy atom. The summed E-state index contributed by atoms with van der Waals surface area (Å²) in [5.41, 5.74) is 6.82. The molecule has 1 aromatic carbocycles. The Balaban J connectivity index is 2.13. The third-order valence-electron chi connectivity index (χ3n) is 3.69. The maximum Gasteiger partial charge on any atom is 0.276 e. The number of rotatable bonds is 6. The summed E-state index contributed by atoms with van der Waals surface area (Å²) in [5.74, 6) is -0.0654. The van der Waals surface area contributed by atoms with Crippen LogP contribution < -0.4 is 15.8 Å². The lowest BCUT2D eigenvalue weighted by Gasteiger charge is -2.23. The van der Waals surface area contributed by atoms with Crippen LogP contribution in [-0.4, -0.2) is 28.2 Å². The third kappa shape index (κ3) is 4.84. The maximum atomic E-state index is 12.5. The maximum absolute atomic E-state index is 12.5. The molecule has 0 aliphatic carbocycles. The van der Waals surface area contributed by atoms with Crippen molar-refractivity contribution in [2.24, 2.45) is 5.73 Å². The van der Waals surface area contributed by atoms with E-state index in [-0.39, 0.29) is 24.0 Å². The molecule has 2 rings (SSSR count). The number of carbonyl (C=O) groups excluding carboxylic acids is 2. The van der Waals surface area contributed by atoms with Gasteiger partial charge in [-0.1, -0.05) is 13.8 Å². The van der Waals surface area contributed by atoms with Crippen LogP contribution in [0.1, 0.15) is 56.7 Å². The normalized spacial score (nSPS) is 11.5. The molecule has 7 heteroatoms. The fourth-order valence-corrected chi connectivity index (χ4v) is 2.44. The summed E-state index contributed by atoms with van der Waals surface area (Å²) in [5, 5.41) is 7.31. The van der Waals surface area contributed by atoms with E-state index in [0.29, 0.717) is 17.1 Å². The molecule has 0 atom stereocenters. The fraction of sp³-hybridized carbons (Fsp3) is 0.421. The van der Waals surface area contributed by atoms with E-state index in [9.17, 15) is 9.59 Å².